The third kappa shape index (κ3) is 3.64. The molecule has 2 nitrogen and oxygen atoms in total. The van der Waals surface area contributed by atoms with Crippen LogP contribution in [0.25, 0.3) is 0 Å². The van der Waals surface area contributed by atoms with E-state index >= 15 is 0 Å². The zero-order chi connectivity index (χ0) is 13.0. The minimum absolute atomic E-state index is 0.221. The number of halogens is 1. The molecule has 1 atom stereocenters. The fourth-order valence-electron chi connectivity index (χ4n) is 2.09. The molecule has 94 valence electrons. The van der Waals surface area contributed by atoms with E-state index in [0.29, 0.717) is 12.8 Å². The second kappa shape index (κ2) is 5.27. The van der Waals surface area contributed by atoms with Gasteiger partial charge in [0.1, 0.15) is 5.82 Å². The average molecular weight is 244 g/mol. The van der Waals surface area contributed by atoms with Gasteiger partial charge in [-0.2, -0.15) is 0 Å². The first-order valence-electron chi connectivity index (χ1n) is 5.98. The van der Waals surface area contributed by atoms with Crippen molar-refractivity contribution in [3.05, 3.63) is 65.7 Å². The summed E-state index contributed by atoms with van der Waals surface area (Å²) in [5, 5.41) is 0. The summed E-state index contributed by atoms with van der Waals surface area (Å²) < 4.78 is 13.1. The number of hydrogen-bond donors (Lipinski definition) is 1. The van der Waals surface area contributed by atoms with Crippen molar-refractivity contribution < 1.29 is 4.39 Å². The Morgan fingerprint density at radius 3 is 2.67 bits per heavy atom. The highest BCUT2D eigenvalue weighted by Crippen LogP contribution is 2.16. The Labute approximate surface area is 107 Å². The Balaban J connectivity index is 2.07. The molecule has 0 saturated heterocycles. The molecular formula is C15H17FN2. The van der Waals surface area contributed by atoms with E-state index in [9.17, 15) is 4.39 Å². The summed E-state index contributed by atoms with van der Waals surface area (Å²) in [4.78, 5) is 4.27. The van der Waals surface area contributed by atoms with E-state index in [1.54, 1.807) is 12.3 Å². The Morgan fingerprint density at radius 1 is 1.17 bits per heavy atom. The Morgan fingerprint density at radius 2 is 2.00 bits per heavy atom. The molecule has 1 heterocycles. The molecular weight excluding hydrogens is 227 g/mol. The first-order valence-corrected chi connectivity index (χ1v) is 5.98. The normalized spacial score (nSPS) is 14.2. The minimum atomic E-state index is -0.428. The number of hydrogen-bond acceptors (Lipinski definition) is 2. The molecule has 18 heavy (non-hydrogen) atoms. The van der Waals surface area contributed by atoms with Gasteiger partial charge in [-0.15, -0.1) is 0 Å². The molecule has 3 heteroatoms. The van der Waals surface area contributed by atoms with Crippen molar-refractivity contribution in [1.82, 2.24) is 4.98 Å². The van der Waals surface area contributed by atoms with Crippen LogP contribution in [-0.4, -0.2) is 10.5 Å². The molecule has 0 aliphatic rings. The quantitative estimate of drug-likeness (QED) is 0.898. The lowest BCUT2D eigenvalue weighted by Gasteiger charge is -2.24. The first kappa shape index (κ1) is 12.7. The van der Waals surface area contributed by atoms with Crippen LogP contribution in [0, 0.1) is 5.82 Å². The lowest BCUT2D eigenvalue weighted by molar-refractivity contribution is 0.456. The van der Waals surface area contributed by atoms with E-state index in [-0.39, 0.29) is 5.82 Å². The SMILES string of the molecule is CC(N)(Cc1cccc(F)c1)Cc1ccccn1. The third-order valence-corrected chi connectivity index (χ3v) is 2.81. The Hall–Kier alpha value is -1.74. The predicted octanol–water partition coefficient (Wildman–Crippen LogP) is 2.72. The lowest BCUT2D eigenvalue weighted by Crippen LogP contribution is -2.41. The monoisotopic (exact) mass is 244 g/mol. The van der Waals surface area contributed by atoms with Crippen LogP contribution in [0.3, 0.4) is 0 Å². The van der Waals surface area contributed by atoms with E-state index in [2.05, 4.69) is 4.98 Å². The van der Waals surface area contributed by atoms with Gasteiger partial charge in [0.2, 0.25) is 0 Å². The van der Waals surface area contributed by atoms with Crippen molar-refractivity contribution in [2.75, 3.05) is 0 Å². The molecule has 0 spiro atoms. The number of pyridine rings is 1. The topological polar surface area (TPSA) is 38.9 Å². The largest absolute Gasteiger partial charge is 0.325 e. The number of nitrogens with two attached hydrogens (primary N) is 1. The fraction of sp³-hybridized carbons (Fsp3) is 0.267. The molecule has 0 radical (unpaired) electrons. The van der Waals surface area contributed by atoms with Gasteiger partial charge in [0.05, 0.1) is 0 Å². The van der Waals surface area contributed by atoms with Gasteiger partial charge in [-0.3, -0.25) is 4.98 Å². The standard InChI is InChI=1S/C15H17FN2/c1-15(17,11-14-7-2-3-8-18-14)10-12-5-4-6-13(16)9-12/h2-9H,10-11,17H2,1H3. The van der Waals surface area contributed by atoms with Crippen molar-refractivity contribution in [2.24, 2.45) is 5.73 Å². The zero-order valence-corrected chi connectivity index (χ0v) is 10.4. The number of nitrogens with zero attached hydrogens (tertiary/aromatic N) is 1. The van der Waals surface area contributed by atoms with Crippen LogP contribution in [0.2, 0.25) is 0 Å². The summed E-state index contributed by atoms with van der Waals surface area (Å²) >= 11 is 0. The summed E-state index contributed by atoms with van der Waals surface area (Å²) in [6.45, 7) is 1.96. The van der Waals surface area contributed by atoms with Gasteiger partial charge in [-0.05, 0) is 43.2 Å². The molecule has 0 amide bonds. The summed E-state index contributed by atoms with van der Waals surface area (Å²) in [7, 11) is 0. The summed E-state index contributed by atoms with van der Waals surface area (Å²) in [6, 6.07) is 12.4. The van der Waals surface area contributed by atoms with Crippen LogP contribution < -0.4 is 5.73 Å². The van der Waals surface area contributed by atoms with Gasteiger partial charge < -0.3 is 5.73 Å². The van der Waals surface area contributed by atoms with E-state index in [1.165, 1.54) is 12.1 Å². The van der Waals surface area contributed by atoms with Crippen molar-refractivity contribution in [2.45, 2.75) is 25.3 Å². The fourth-order valence-corrected chi connectivity index (χ4v) is 2.09. The highest BCUT2D eigenvalue weighted by Gasteiger charge is 2.20. The Bertz CT molecular complexity index is 509. The van der Waals surface area contributed by atoms with E-state index in [1.807, 2.05) is 31.2 Å². The molecule has 0 fully saturated rings. The summed E-state index contributed by atoms with van der Waals surface area (Å²) in [6.07, 6.45) is 3.05. The molecule has 0 aliphatic carbocycles. The second-order valence-electron chi connectivity index (χ2n) is 4.96. The molecule has 0 saturated carbocycles. The van der Waals surface area contributed by atoms with E-state index < -0.39 is 5.54 Å². The van der Waals surface area contributed by atoms with Crippen LogP contribution in [-0.2, 0) is 12.8 Å². The van der Waals surface area contributed by atoms with Gasteiger partial charge in [-0.1, -0.05) is 18.2 Å². The van der Waals surface area contributed by atoms with Crippen LogP contribution in [0.15, 0.2) is 48.7 Å². The molecule has 2 N–H and O–H groups in total. The van der Waals surface area contributed by atoms with Crippen molar-refractivity contribution >= 4 is 0 Å². The van der Waals surface area contributed by atoms with Crippen LogP contribution >= 0.6 is 0 Å². The third-order valence-electron chi connectivity index (χ3n) is 2.81. The maximum absolute atomic E-state index is 13.1. The van der Waals surface area contributed by atoms with E-state index in [0.717, 1.165) is 11.3 Å². The van der Waals surface area contributed by atoms with Crippen LogP contribution in [0.4, 0.5) is 4.39 Å². The minimum Gasteiger partial charge on any atom is -0.325 e. The highest BCUT2D eigenvalue weighted by atomic mass is 19.1. The zero-order valence-electron chi connectivity index (χ0n) is 10.4. The van der Waals surface area contributed by atoms with Gasteiger partial charge in [0, 0.05) is 23.9 Å². The van der Waals surface area contributed by atoms with Gasteiger partial charge in [0.25, 0.3) is 0 Å². The molecule has 2 rings (SSSR count). The molecule has 1 aromatic carbocycles. The summed E-state index contributed by atoms with van der Waals surface area (Å²) in [5.41, 5.74) is 7.71. The van der Waals surface area contributed by atoms with Gasteiger partial charge in [-0.25, -0.2) is 4.39 Å². The lowest BCUT2D eigenvalue weighted by atomic mass is 9.89. The van der Waals surface area contributed by atoms with E-state index in [4.69, 9.17) is 5.73 Å². The van der Waals surface area contributed by atoms with Crippen molar-refractivity contribution in [3.8, 4) is 0 Å². The molecule has 1 aromatic heterocycles. The molecule has 0 aliphatic heterocycles. The predicted molar refractivity (Wildman–Crippen MR) is 70.6 cm³/mol. The van der Waals surface area contributed by atoms with Crippen molar-refractivity contribution in [3.63, 3.8) is 0 Å². The number of aromatic nitrogens is 1. The smallest absolute Gasteiger partial charge is 0.123 e. The van der Waals surface area contributed by atoms with Crippen LogP contribution in [0.5, 0.6) is 0 Å². The highest BCUT2D eigenvalue weighted by molar-refractivity contribution is 5.20. The van der Waals surface area contributed by atoms with Gasteiger partial charge >= 0.3 is 0 Å². The molecule has 1 unspecified atom stereocenters. The average Bonchev–Trinajstić information content (AvgIpc) is 2.28. The van der Waals surface area contributed by atoms with Gasteiger partial charge in [0.15, 0.2) is 0 Å². The molecule has 2 aromatic rings. The number of rotatable bonds is 4. The summed E-state index contributed by atoms with van der Waals surface area (Å²) in [5.74, 6) is -0.221. The second-order valence-corrected chi connectivity index (χ2v) is 4.96. The van der Waals surface area contributed by atoms with Crippen molar-refractivity contribution in [1.29, 1.82) is 0 Å². The molecule has 0 bridgehead atoms. The maximum Gasteiger partial charge on any atom is 0.123 e. The Kier molecular flexibility index (Phi) is 3.72. The van der Waals surface area contributed by atoms with Crippen LogP contribution in [0.1, 0.15) is 18.2 Å². The first-order chi connectivity index (χ1) is 8.55. The maximum atomic E-state index is 13.1. The number of benzene rings is 1.